The Kier molecular flexibility index (Phi) is 9.56. The van der Waals surface area contributed by atoms with E-state index in [2.05, 4.69) is 118 Å². The molecular formula is C36H44ClIN2. The van der Waals surface area contributed by atoms with E-state index in [1.165, 1.54) is 50.6 Å². The van der Waals surface area contributed by atoms with Crippen molar-refractivity contribution in [1.82, 2.24) is 0 Å². The molecule has 3 aliphatic rings. The second kappa shape index (κ2) is 12.4. The molecule has 2 aliphatic heterocycles. The Labute approximate surface area is 264 Å². The highest BCUT2D eigenvalue weighted by Crippen LogP contribution is 2.46. The van der Waals surface area contributed by atoms with Crippen molar-refractivity contribution in [1.29, 1.82) is 0 Å². The third kappa shape index (κ3) is 5.53. The predicted molar refractivity (Wildman–Crippen MR) is 169 cm³/mol. The standard InChI is InChI=1S/C36H43ClN2.HI/c1-7-13-25-14-12-18-29-33(25)36(5,6)31(38-29)22-20-26-15-11-16-27(34(26)37)21-23-32-35(3,4)28-17-9-10-19-30(28)39(32)24-8-2;/h9-10,12,14,17-23H,7-8,11,13,15-16,24H2,1-6H3;1H. The molecule has 0 saturated carbocycles. The van der Waals surface area contributed by atoms with Gasteiger partial charge in [0, 0.05) is 46.0 Å². The van der Waals surface area contributed by atoms with E-state index in [9.17, 15) is 0 Å². The lowest BCUT2D eigenvalue weighted by molar-refractivity contribution is -0.437. The molecule has 212 valence electrons. The van der Waals surface area contributed by atoms with Crippen LogP contribution in [-0.2, 0) is 17.3 Å². The minimum atomic E-state index is -0.0474. The number of hydrogen-bond acceptors (Lipinski definition) is 1. The highest BCUT2D eigenvalue weighted by molar-refractivity contribution is 6.32. The molecule has 0 fully saturated rings. The molecule has 0 aromatic heterocycles. The molecule has 0 bridgehead atoms. The molecule has 4 heteroatoms. The number of nitrogens with zero attached hydrogens (tertiary/aromatic N) is 1. The van der Waals surface area contributed by atoms with Crippen LogP contribution in [0, 0.1) is 0 Å². The maximum absolute atomic E-state index is 7.09. The van der Waals surface area contributed by atoms with Gasteiger partial charge in [0.2, 0.25) is 5.69 Å². The number of para-hydroxylation sites is 1. The summed E-state index contributed by atoms with van der Waals surface area (Å²) in [4.78, 5) is 0. The van der Waals surface area contributed by atoms with Crippen LogP contribution < -0.4 is 29.3 Å². The van der Waals surface area contributed by atoms with Gasteiger partial charge in [-0.1, -0.05) is 88.2 Å². The second-order valence-electron chi connectivity index (χ2n) is 12.3. The summed E-state index contributed by atoms with van der Waals surface area (Å²) in [7, 11) is 0. The summed E-state index contributed by atoms with van der Waals surface area (Å²) in [6.45, 7) is 14.9. The predicted octanol–water partition coefficient (Wildman–Crippen LogP) is 6.88. The Morgan fingerprint density at radius 3 is 2.42 bits per heavy atom. The molecule has 2 aromatic carbocycles. The summed E-state index contributed by atoms with van der Waals surface area (Å²) < 4.78 is 2.50. The minimum absolute atomic E-state index is 0. The van der Waals surface area contributed by atoms with Gasteiger partial charge in [-0.25, -0.2) is 0 Å². The van der Waals surface area contributed by atoms with Crippen LogP contribution in [0.2, 0.25) is 0 Å². The maximum atomic E-state index is 7.09. The van der Waals surface area contributed by atoms with E-state index < -0.39 is 0 Å². The summed E-state index contributed by atoms with van der Waals surface area (Å²) in [5.74, 6) is 0. The quantitative estimate of drug-likeness (QED) is 0.252. The van der Waals surface area contributed by atoms with Gasteiger partial charge in [-0.05, 0) is 73.9 Å². The first-order valence-corrected chi connectivity index (χ1v) is 15.2. The molecule has 2 nitrogen and oxygen atoms in total. The molecule has 5 rings (SSSR count). The van der Waals surface area contributed by atoms with Gasteiger partial charge in [-0.15, -0.1) is 0 Å². The van der Waals surface area contributed by atoms with Gasteiger partial charge in [0.15, 0.2) is 5.71 Å². The summed E-state index contributed by atoms with van der Waals surface area (Å²) in [5, 5.41) is 4.64. The summed E-state index contributed by atoms with van der Waals surface area (Å²) >= 11 is 7.09. The van der Waals surface area contributed by atoms with Crippen molar-refractivity contribution in [2.75, 3.05) is 11.9 Å². The highest BCUT2D eigenvalue weighted by atomic mass is 127. The molecule has 0 radical (unpaired) electrons. The number of anilines is 1. The Balaban J connectivity index is 0.00000370. The van der Waals surface area contributed by atoms with Gasteiger partial charge < -0.3 is 29.3 Å². The Hall–Kier alpha value is -2.11. The van der Waals surface area contributed by atoms with Crippen molar-refractivity contribution >= 4 is 28.7 Å². The number of halogens is 2. The summed E-state index contributed by atoms with van der Waals surface area (Å²) in [6.07, 6.45) is 15.7. The lowest BCUT2D eigenvalue weighted by Crippen LogP contribution is -3.00. The second-order valence-corrected chi connectivity index (χ2v) is 12.7. The summed E-state index contributed by atoms with van der Waals surface area (Å²) in [6, 6.07) is 15.5. The number of aryl methyl sites for hydroxylation is 1. The van der Waals surface area contributed by atoms with Gasteiger partial charge in [0.05, 0.1) is 5.41 Å². The molecule has 0 unspecified atom stereocenters. The average molecular weight is 667 g/mol. The number of fused-ring (bicyclic) bond motifs is 2. The van der Waals surface area contributed by atoms with Crippen molar-refractivity contribution in [3.63, 3.8) is 0 Å². The zero-order valence-corrected chi connectivity index (χ0v) is 27.9. The number of benzene rings is 2. The summed E-state index contributed by atoms with van der Waals surface area (Å²) in [5.41, 5.74) is 11.9. The van der Waals surface area contributed by atoms with E-state index in [1.54, 1.807) is 0 Å². The number of nitrogens with one attached hydrogen (secondary N) is 1. The first-order valence-electron chi connectivity index (χ1n) is 14.8. The van der Waals surface area contributed by atoms with E-state index >= 15 is 0 Å². The molecule has 0 saturated heterocycles. The third-order valence-corrected chi connectivity index (χ3v) is 9.32. The highest BCUT2D eigenvalue weighted by Gasteiger charge is 2.43. The average Bonchev–Trinajstić information content (AvgIpc) is 3.30. The normalized spacial score (nSPS) is 21.2. The third-order valence-electron chi connectivity index (χ3n) is 8.83. The van der Waals surface area contributed by atoms with Gasteiger partial charge in [-0.2, -0.15) is 4.58 Å². The Bertz CT molecular complexity index is 1430. The van der Waals surface area contributed by atoms with Crippen molar-refractivity contribution < 1.29 is 28.6 Å². The van der Waals surface area contributed by atoms with Crippen LogP contribution in [0.15, 0.2) is 88.6 Å². The van der Waals surface area contributed by atoms with E-state index in [0.717, 1.165) is 50.1 Å². The molecule has 2 heterocycles. The smallest absolute Gasteiger partial charge is 0.209 e. The SMILES string of the molecule is CCCc1cccc2c1C(C)(C)C(=CC=C1CCCC(C=CC3=[N+](CCC)c4ccccc4C3(C)C)=C1Cl)N2.[I-]. The largest absolute Gasteiger partial charge is 1.00 e. The zero-order valence-electron chi connectivity index (χ0n) is 25.0. The van der Waals surface area contributed by atoms with Crippen LogP contribution in [0.25, 0.3) is 0 Å². The van der Waals surface area contributed by atoms with Gasteiger partial charge in [0.1, 0.15) is 6.54 Å². The molecule has 1 N–H and O–H groups in total. The molecule has 1 aliphatic carbocycles. The van der Waals surface area contributed by atoms with Crippen LogP contribution in [0.5, 0.6) is 0 Å². The zero-order chi connectivity index (χ0) is 27.8. The molecule has 0 atom stereocenters. The first kappa shape index (κ1) is 30.8. The van der Waals surface area contributed by atoms with Gasteiger partial charge in [-0.3, -0.25) is 0 Å². The fourth-order valence-electron chi connectivity index (χ4n) is 6.78. The van der Waals surface area contributed by atoms with Gasteiger partial charge >= 0.3 is 0 Å². The fraction of sp³-hybridized carbons (Fsp3) is 0.417. The van der Waals surface area contributed by atoms with Gasteiger partial charge in [0.25, 0.3) is 0 Å². The van der Waals surface area contributed by atoms with Crippen molar-refractivity contribution in [2.45, 2.75) is 90.9 Å². The van der Waals surface area contributed by atoms with Crippen LogP contribution in [-0.4, -0.2) is 16.8 Å². The van der Waals surface area contributed by atoms with E-state index in [-0.39, 0.29) is 34.8 Å². The topological polar surface area (TPSA) is 15.0 Å². The molecule has 2 aromatic rings. The molecular weight excluding hydrogens is 623 g/mol. The molecule has 40 heavy (non-hydrogen) atoms. The van der Waals surface area contributed by atoms with Crippen LogP contribution in [0.3, 0.4) is 0 Å². The lowest BCUT2D eigenvalue weighted by atomic mass is 9.80. The van der Waals surface area contributed by atoms with Crippen molar-refractivity contribution in [3.05, 3.63) is 105 Å². The van der Waals surface area contributed by atoms with Crippen LogP contribution in [0.4, 0.5) is 11.4 Å². The van der Waals surface area contributed by atoms with E-state index in [4.69, 9.17) is 11.6 Å². The lowest BCUT2D eigenvalue weighted by Gasteiger charge is -2.23. The minimum Gasteiger partial charge on any atom is -1.00 e. The number of allylic oxidation sites excluding steroid dienone is 8. The van der Waals surface area contributed by atoms with Crippen molar-refractivity contribution in [3.8, 4) is 0 Å². The number of rotatable bonds is 7. The van der Waals surface area contributed by atoms with E-state index in [0.29, 0.717) is 0 Å². The van der Waals surface area contributed by atoms with Crippen LogP contribution in [0.1, 0.15) is 90.3 Å². The fourth-order valence-corrected chi connectivity index (χ4v) is 7.10. The van der Waals surface area contributed by atoms with E-state index in [1.807, 2.05) is 0 Å². The Morgan fingerprint density at radius 2 is 1.68 bits per heavy atom. The molecule has 0 spiro atoms. The Morgan fingerprint density at radius 1 is 0.900 bits per heavy atom. The molecule has 0 amide bonds. The monoisotopic (exact) mass is 666 g/mol. The number of hydrogen-bond donors (Lipinski definition) is 1. The van der Waals surface area contributed by atoms with Crippen LogP contribution >= 0.6 is 11.6 Å². The van der Waals surface area contributed by atoms with Crippen molar-refractivity contribution in [2.24, 2.45) is 0 Å². The first-order chi connectivity index (χ1) is 18.7. The maximum Gasteiger partial charge on any atom is 0.209 e.